The van der Waals surface area contributed by atoms with Crippen molar-refractivity contribution in [1.29, 1.82) is 0 Å². The zero-order chi connectivity index (χ0) is 19.0. The minimum Gasteiger partial charge on any atom is -0.339 e. The van der Waals surface area contributed by atoms with Crippen LogP contribution in [0.4, 0.5) is 0 Å². The van der Waals surface area contributed by atoms with Crippen LogP contribution in [0.2, 0.25) is 0 Å². The fourth-order valence-corrected chi connectivity index (χ4v) is 4.03. The van der Waals surface area contributed by atoms with E-state index in [2.05, 4.69) is 16.8 Å². The van der Waals surface area contributed by atoms with Gasteiger partial charge >= 0.3 is 0 Å². The molecule has 0 unspecified atom stereocenters. The quantitative estimate of drug-likeness (QED) is 0.668. The predicted octanol–water partition coefficient (Wildman–Crippen LogP) is 2.80. The Morgan fingerprint density at radius 2 is 2.19 bits per heavy atom. The van der Waals surface area contributed by atoms with Gasteiger partial charge in [-0.3, -0.25) is 9.48 Å². The van der Waals surface area contributed by atoms with Crippen LogP contribution < -0.4 is 0 Å². The van der Waals surface area contributed by atoms with E-state index in [9.17, 15) is 4.79 Å². The lowest BCUT2D eigenvalue weighted by molar-refractivity contribution is -0.127. The monoisotopic (exact) mass is 364 g/mol. The summed E-state index contributed by atoms with van der Waals surface area (Å²) in [5.74, 6) is 0.270. The molecule has 1 aliphatic carbocycles. The van der Waals surface area contributed by atoms with Gasteiger partial charge in [0.1, 0.15) is 0 Å². The van der Waals surface area contributed by atoms with Crippen LogP contribution in [-0.4, -0.2) is 48.3 Å². The predicted molar refractivity (Wildman–Crippen MR) is 103 cm³/mol. The molecule has 0 spiro atoms. The lowest BCUT2D eigenvalue weighted by Crippen LogP contribution is -2.39. The molecule has 0 aliphatic heterocycles. The zero-order valence-electron chi connectivity index (χ0n) is 15.7. The summed E-state index contributed by atoms with van der Waals surface area (Å²) in [4.78, 5) is 18.9. The molecular formula is C20H24N6O. The minimum absolute atomic E-state index is 0.0211. The van der Waals surface area contributed by atoms with E-state index >= 15 is 0 Å². The second kappa shape index (κ2) is 6.98. The van der Waals surface area contributed by atoms with Gasteiger partial charge < -0.3 is 4.90 Å². The van der Waals surface area contributed by atoms with Crippen molar-refractivity contribution in [3.05, 3.63) is 49.2 Å². The van der Waals surface area contributed by atoms with Crippen molar-refractivity contribution in [3.8, 4) is 11.3 Å². The van der Waals surface area contributed by atoms with Crippen LogP contribution in [0.15, 0.2) is 43.5 Å². The van der Waals surface area contributed by atoms with Gasteiger partial charge in [-0.1, -0.05) is 13.0 Å². The van der Waals surface area contributed by atoms with Crippen LogP contribution in [0.5, 0.6) is 0 Å². The molecule has 0 N–H and O–H groups in total. The average Bonchev–Trinajstić information content (AvgIpc) is 3.34. The Bertz CT molecular complexity index is 987. The van der Waals surface area contributed by atoms with Crippen molar-refractivity contribution >= 4 is 11.4 Å². The SMILES string of the molecule is C=CC(=O)N(C)[C@H]1CCC[C@@H](c2nc(-c3cnn(C)c3)cn3nccc23)C1. The smallest absolute Gasteiger partial charge is 0.245 e. The van der Waals surface area contributed by atoms with Gasteiger partial charge in [-0.05, 0) is 31.4 Å². The third-order valence-electron chi connectivity index (χ3n) is 5.52. The fourth-order valence-electron chi connectivity index (χ4n) is 4.03. The lowest BCUT2D eigenvalue weighted by atomic mass is 9.82. The van der Waals surface area contributed by atoms with Gasteiger partial charge in [0, 0.05) is 37.8 Å². The van der Waals surface area contributed by atoms with Gasteiger partial charge in [-0.2, -0.15) is 10.2 Å². The Morgan fingerprint density at radius 3 is 2.93 bits per heavy atom. The molecule has 3 aromatic heterocycles. The number of carbonyl (C=O) groups excluding carboxylic acids is 1. The van der Waals surface area contributed by atoms with E-state index in [1.165, 1.54) is 6.08 Å². The van der Waals surface area contributed by atoms with E-state index in [1.807, 2.05) is 48.2 Å². The number of rotatable bonds is 4. The molecule has 7 nitrogen and oxygen atoms in total. The molecule has 140 valence electrons. The molecule has 7 heteroatoms. The Balaban J connectivity index is 1.71. The molecule has 1 saturated carbocycles. The lowest BCUT2D eigenvalue weighted by Gasteiger charge is -2.35. The molecule has 2 atom stereocenters. The molecule has 0 bridgehead atoms. The molecular weight excluding hydrogens is 340 g/mol. The zero-order valence-corrected chi connectivity index (χ0v) is 15.7. The first-order valence-electron chi connectivity index (χ1n) is 9.29. The summed E-state index contributed by atoms with van der Waals surface area (Å²) in [6, 6.07) is 2.22. The Labute approximate surface area is 158 Å². The Kier molecular flexibility index (Phi) is 4.51. The van der Waals surface area contributed by atoms with Gasteiger partial charge in [0.2, 0.25) is 5.91 Å². The molecule has 4 rings (SSSR count). The van der Waals surface area contributed by atoms with E-state index in [-0.39, 0.29) is 11.9 Å². The van der Waals surface area contributed by atoms with Crippen LogP contribution in [0.1, 0.15) is 37.3 Å². The second-order valence-corrected chi connectivity index (χ2v) is 7.25. The van der Waals surface area contributed by atoms with Gasteiger partial charge in [0.15, 0.2) is 0 Å². The topological polar surface area (TPSA) is 68.3 Å². The van der Waals surface area contributed by atoms with Crippen molar-refractivity contribution in [2.45, 2.75) is 37.6 Å². The van der Waals surface area contributed by atoms with Crippen molar-refractivity contribution in [2.75, 3.05) is 7.05 Å². The highest BCUT2D eigenvalue weighted by atomic mass is 16.2. The second-order valence-electron chi connectivity index (χ2n) is 7.25. The minimum atomic E-state index is -0.0211. The number of aryl methyl sites for hydroxylation is 1. The first-order valence-corrected chi connectivity index (χ1v) is 9.29. The van der Waals surface area contributed by atoms with Crippen LogP contribution >= 0.6 is 0 Å². The number of nitrogens with zero attached hydrogens (tertiary/aromatic N) is 6. The fraction of sp³-hybridized carbons (Fsp3) is 0.400. The summed E-state index contributed by atoms with van der Waals surface area (Å²) >= 11 is 0. The number of amides is 1. The third kappa shape index (κ3) is 3.25. The number of carbonyl (C=O) groups is 1. The average molecular weight is 364 g/mol. The molecule has 1 fully saturated rings. The maximum absolute atomic E-state index is 12.0. The van der Waals surface area contributed by atoms with Crippen molar-refractivity contribution in [2.24, 2.45) is 7.05 Å². The van der Waals surface area contributed by atoms with E-state index < -0.39 is 0 Å². The van der Waals surface area contributed by atoms with Crippen molar-refractivity contribution in [1.82, 2.24) is 29.3 Å². The van der Waals surface area contributed by atoms with Gasteiger partial charge in [0.05, 0.1) is 35.5 Å². The largest absolute Gasteiger partial charge is 0.339 e. The molecule has 3 heterocycles. The summed E-state index contributed by atoms with van der Waals surface area (Å²) in [5.41, 5.74) is 3.93. The van der Waals surface area contributed by atoms with E-state index in [4.69, 9.17) is 4.98 Å². The number of fused-ring (bicyclic) bond motifs is 1. The standard InChI is InChI=1S/C20H24N6O/c1-4-19(27)25(3)16-7-5-6-14(10-16)20-18-8-9-21-26(18)13-17(23-20)15-11-22-24(2)12-15/h4,8-9,11-14,16H,1,5-7,10H2,2-3H3/t14-,16+/m1/s1. The van der Waals surface area contributed by atoms with Gasteiger partial charge in [-0.25, -0.2) is 9.50 Å². The Hall–Kier alpha value is -2.96. The highest BCUT2D eigenvalue weighted by Gasteiger charge is 2.30. The highest BCUT2D eigenvalue weighted by Crippen LogP contribution is 2.36. The van der Waals surface area contributed by atoms with Crippen molar-refractivity contribution < 1.29 is 4.79 Å². The summed E-state index contributed by atoms with van der Waals surface area (Å²) in [6.45, 7) is 3.61. The first-order chi connectivity index (χ1) is 13.1. The highest BCUT2D eigenvalue weighted by molar-refractivity contribution is 5.87. The van der Waals surface area contributed by atoms with E-state index in [0.717, 1.165) is 48.2 Å². The molecule has 27 heavy (non-hydrogen) atoms. The van der Waals surface area contributed by atoms with Crippen LogP contribution in [-0.2, 0) is 11.8 Å². The number of hydrogen-bond acceptors (Lipinski definition) is 4. The molecule has 1 amide bonds. The summed E-state index contributed by atoms with van der Waals surface area (Å²) in [5, 5.41) is 8.69. The normalized spacial score (nSPS) is 19.9. The molecule has 0 saturated heterocycles. The summed E-state index contributed by atoms with van der Waals surface area (Å²) < 4.78 is 3.67. The molecule has 0 aromatic carbocycles. The maximum Gasteiger partial charge on any atom is 0.245 e. The molecule has 0 radical (unpaired) electrons. The number of hydrogen-bond donors (Lipinski definition) is 0. The van der Waals surface area contributed by atoms with E-state index in [1.54, 1.807) is 10.9 Å². The van der Waals surface area contributed by atoms with Crippen LogP contribution in [0.25, 0.3) is 16.8 Å². The first kappa shape index (κ1) is 17.5. The van der Waals surface area contributed by atoms with Gasteiger partial charge in [0.25, 0.3) is 0 Å². The third-order valence-corrected chi connectivity index (χ3v) is 5.52. The van der Waals surface area contributed by atoms with Gasteiger partial charge in [-0.15, -0.1) is 0 Å². The maximum atomic E-state index is 12.0. The van der Waals surface area contributed by atoms with Crippen LogP contribution in [0.3, 0.4) is 0 Å². The summed E-state index contributed by atoms with van der Waals surface area (Å²) in [7, 11) is 3.76. The van der Waals surface area contributed by atoms with Crippen LogP contribution in [0, 0.1) is 0 Å². The molecule has 1 aliphatic rings. The number of likely N-dealkylation sites (N-methyl/N-ethyl adjacent to an activating group) is 1. The summed E-state index contributed by atoms with van der Waals surface area (Å²) in [6.07, 6.45) is 13.0. The molecule has 3 aromatic rings. The Morgan fingerprint density at radius 1 is 1.33 bits per heavy atom. The number of aromatic nitrogens is 5. The van der Waals surface area contributed by atoms with E-state index in [0.29, 0.717) is 5.92 Å². The van der Waals surface area contributed by atoms with Crippen molar-refractivity contribution in [3.63, 3.8) is 0 Å².